The first-order valence-corrected chi connectivity index (χ1v) is 8.04. The molecule has 1 aliphatic rings. The van der Waals surface area contributed by atoms with Gasteiger partial charge in [-0.3, -0.25) is 9.59 Å². The summed E-state index contributed by atoms with van der Waals surface area (Å²) >= 11 is 0. The highest BCUT2D eigenvalue weighted by Crippen LogP contribution is 2.33. The van der Waals surface area contributed by atoms with Crippen LogP contribution in [-0.4, -0.2) is 17.9 Å². The van der Waals surface area contributed by atoms with Gasteiger partial charge in [0, 0.05) is 16.6 Å². The summed E-state index contributed by atoms with van der Waals surface area (Å²) in [5.74, 6) is -0.722. The van der Waals surface area contributed by atoms with Gasteiger partial charge in [-0.15, -0.1) is 0 Å². The minimum Gasteiger partial charge on any atom is -0.479 e. The van der Waals surface area contributed by atoms with Crippen LogP contribution in [0.1, 0.15) is 23.0 Å². The van der Waals surface area contributed by atoms with Crippen molar-refractivity contribution in [3.05, 3.63) is 53.5 Å². The molecule has 1 atom stereocenters. The predicted octanol–water partition coefficient (Wildman–Crippen LogP) is 3.85. The number of hydrogen-bond acceptors (Lipinski definition) is 4. The van der Waals surface area contributed by atoms with Crippen molar-refractivity contribution >= 4 is 34.2 Å². The quantitative estimate of drug-likeness (QED) is 0.732. The monoisotopic (exact) mass is 354 g/mol. The summed E-state index contributed by atoms with van der Waals surface area (Å²) in [7, 11) is 0. The summed E-state index contributed by atoms with van der Waals surface area (Å²) in [6, 6.07) is 9.44. The van der Waals surface area contributed by atoms with Crippen LogP contribution in [0, 0.1) is 12.7 Å². The predicted molar refractivity (Wildman–Crippen MR) is 94.0 cm³/mol. The SMILES string of the molecule is Cc1c(C(=O)Nc2ccc3c(c2)NC(=O)[C@@H](C)O3)oc2c(F)cccc12. The standard InChI is InChI=1S/C19H15FN2O4/c1-9-12-4-3-5-13(20)17(12)26-16(9)19(24)21-11-6-7-15-14(8-11)22-18(23)10(2)25-15/h3-8,10H,1-2H3,(H,21,24)(H,22,23)/t10-/m1/s1. The number of para-hydroxylation sites is 1. The van der Waals surface area contributed by atoms with Gasteiger partial charge in [0.2, 0.25) is 0 Å². The number of amides is 2. The van der Waals surface area contributed by atoms with Crippen LogP contribution in [-0.2, 0) is 4.79 Å². The van der Waals surface area contributed by atoms with Gasteiger partial charge in [-0.05, 0) is 38.1 Å². The van der Waals surface area contributed by atoms with Crippen molar-refractivity contribution in [3.8, 4) is 5.75 Å². The van der Waals surface area contributed by atoms with Crippen LogP contribution in [0.5, 0.6) is 5.75 Å². The molecule has 2 aromatic carbocycles. The molecule has 2 heterocycles. The third-order valence-electron chi connectivity index (χ3n) is 4.29. The van der Waals surface area contributed by atoms with E-state index >= 15 is 0 Å². The molecule has 1 aromatic heterocycles. The van der Waals surface area contributed by atoms with E-state index < -0.39 is 17.8 Å². The van der Waals surface area contributed by atoms with E-state index in [1.807, 2.05) is 0 Å². The fraction of sp³-hybridized carbons (Fsp3) is 0.158. The van der Waals surface area contributed by atoms with Gasteiger partial charge in [0.05, 0.1) is 5.69 Å². The van der Waals surface area contributed by atoms with Crippen LogP contribution in [0.3, 0.4) is 0 Å². The Kier molecular flexibility index (Phi) is 3.64. The maximum absolute atomic E-state index is 13.8. The Hall–Kier alpha value is -3.35. The molecule has 0 radical (unpaired) electrons. The van der Waals surface area contributed by atoms with Gasteiger partial charge in [-0.1, -0.05) is 12.1 Å². The zero-order valence-corrected chi connectivity index (χ0v) is 14.1. The first-order chi connectivity index (χ1) is 12.4. The van der Waals surface area contributed by atoms with Crippen molar-refractivity contribution in [2.45, 2.75) is 20.0 Å². The second-order valence-corrected chi connectivity index (χ2v) is 6.09. The number of carbonyl (C=O) groups is 2. The lowest BCUT2D eigenvalue weighted by molar-refractivity contribution is -0.122. The Bertz CT molecular complexity index is 1060. The van der Waals surface area contributed by atoms with Crippen molar-refractivity contribution in [2.75, 3.05) is 10.6 Å². The Morgan fingerprint density at radius 3 is 2.85 bits per heavy atom. The molecular weight excluding hydrogens is 339 g/mol. The van der Waals surface area contributed by atoms with E-state index in [0.717, 1.165) is 0 Å². The third kappa shape index (κ3) is 2.57. The lowest BCUT2D eigenvalue weighted by Crippen LogP contribution is -2.34. The molecule has 1 aliphatic heterocycles. The summed E-state index contributed by atoms with van der Waals surface area (Å²) in [5.41, 5.74) is 1.53. The second kappa shape index (κ2) is 5.87. The number of halogens is 1. The van der Waals surface area contributed by atoms with Crippen LogP contribution in [0.2, 0.25) is 0 Å². The number of hydrogen-bond donors (Lipinski definition) is 2. The highest BCUT2D eigenvalue weighted by atomic mass is 19.1. The van der Waals surface area contributed by atoms with Gasteiger partial charge in [0.15, 0.2) is 23.3 Å². The number of aryl methyl sites for hydroxylation is 1. The van der Waals surface area contributed by atoms with Crippen LogP contribution >= 0.6 is 0 Å². The number of ether oxygens (including phenoxy) is 1. The van der Waals surface area contributed by atoms with E-state index in [0.29, 0.717) is 28.1 Å². The molecule has 0 unspecified atom stereocenters. The summed E-state index contributed by atoms with van der Waals surface area (Å²) in [4.78, 5) is 24.3. The molecule has 26 heavy (non-hydrogen) atoms. The number of carbonyl (C=O) groups excluding carboxylic acids is 2. The maximum Gasteiger partial charge on any atom is 0.291 e. The van der Waals surface area contributed by atoms with E-state index in [4.69, 9.17) is 9.15 Å². The molecule has 2 amide bonds. The highest BCUT2D eigenvalue weighted by Gasteiger charge is 2.24. The molecule has 0 saturated heterocycles. The van der Waals surface area contributed by atoms with E-state index in [-0.39, 0.29) is 17.3 Å². The van der Waals surface area contributed by atoms with Crippen molar-refractivity contribution in [1.29, 1.82) is 0 Å². The van der Waals surface area contributed by atoms with Gasteiger partial charge in [0.25, 0.3) is 11.8 Å². The normalized spacial score (nSPS) is 16.0. The molecule has 0 saturated carbocycles. The molecule has 132 valence electrons. The molecule has 4 rings (SSSR count). The van der Waals surface area contributed by atoms with E-state index in [9.17, 15) is 14.0 Å². The number of rotatable bonds is 2. The second-order valence-electron chi connectivity index (χ2n) is 6.09. The number of anilines is 2. The summed E-state index contributed by atoms with van der Waals surface area (Å²) in [5, 5.41) is 5.96. The largest absolute Gasteiger partial charge is 0.479 e. The van der Waals surface area contributed by atoms with Crippen LogP contribution < -0.4 is 15.4 Å². The topological polar surface area (TPSA) is 80.6 Å². The first kappa shape index (κ1) is 16.1. The molecule has 0 aliphatic carbocycles. The Morgan fingerprint density at radius 2 is 2.08 bits per heavy atom. The molecule has 0 spiro atoms. The fourth-order valence-corrected chi connectivity index (χ4v) is 2.90. The minimum atomic E-state index is -0.573. The summed E-state index contributed by atoms with van der Waals surface area (Å²) < 4.78 is 24.7. The van der Waals surface area contributed by atoms with Crippen LogP contribution in [0.25, 0.3) is 11.0 Å². The van der Waals surface area contributed by atoms with E-state index in [1.165, 1.54) is 6.07 Å². The average molecular weight is 354 g/mol. The zero-order chi connectivity index (χ0) is 18.4. The molecule has 7 heteroatoms. The molecule has 0 fully saturated rings. The Morgan fingerprint density at radius 1 is 1.27 bits per heavy atom. The van der Waals surface area contributed by atoms with Crippen molar-refractivity contribution < 1.29 is 23.1 Å². The number of fused-ring (bicyclic) bond motifs is 2. The summed E-state index contributed by atoms with van der Waals surface area (Å²) in [6.07, 6.45) is -0.573. The average Bonchev–Trinajstić information content (AvgIpc) is 2.95. The van der Waals surface area contributed by atoms with Gasteiger partial charge in [0.1, 0.15) is 5.75 Å². The third-order valence-corrected chi connectivity index (χ3v) is 4.29. The lowest BCUT2D eigenvalue weighted by Gasteiger charge is -2.23. The van der Waals surface area contributed by atoms with Crippen LogP contribution in [0.15, 0.2) is 40.8 Å². The zero-order valence-electron chi connectivity index (χ0n) is 14.1. The first-order valence-electron chi connectivity index (χ1n) is 8.04. The van der Waals surface area contributed by atoms with E-state index in [1.54, 1.807) is 44.2 Å². The minimum absolute atomic E-state index is 0.0386. The number of benzene rings is 2. The molecular formula is C19H15FN2O4. The fourth-order valence-electron chi connectivity index (χ4n) is 2.90. The van der Waals surface area contributed by atoms with Gasteiger partial charge < -0.3 is 19.8 Å². The van der Waals surface area contributed by atoms with E-state index in [2.05, 4.69) is 10.6 Å². The number of nitrogens with one attached hydrogen (secondary N) is 2. The molecule has 2 N–H and O–H groups in total. The van der Waals surface area contributed by atoms with Gasteiger partial charge in [-0.25, -0.2) is 4.39 Å². The van der Waals surface area contributed by atoms with Crippen molar-refractivity contribution in [1.82, 2.24) is 0 Å². The number of furan rings is 1. The lowest BCUT2D eigenvalue weighted by atomic mass is 10.1. The van der Waals surface area contributed by atoms with Crippen molar-refractivity contribution in [2.24, 2.45) is 0 Å². The highest BCUT2D eigenvalue weighted by molar-refractivity contribution is 6.07. The summed E-state index contributed by atoms with van der Waals surface area (Å²) in [6.45, 7) is 3.35. The van der Waals surface area contributed by atoms with Gasteiger partial charge >= 0.3 is 0 Å². The molecule has 0 bridgehead atoms. The molecule has 3 aromatic rings. The van der Waals surface area contributed by atoms with Gasteiger partial charge in [-0.2, -0.15) is 0 Å². The molecule has 6 nitrogen and oxygen atoms in total. The maximum atomic E-state index is 13.8. The Balaban J connectivity index is 1.63. The Labute approximate surface area is 147 Å². The van der Waals surface area contributed by atoms with Crippen LogP contribution in [0.4, 0.5) is 15.8 Å². The smallest absolute Gasteiger partial charge is 0.291 e. The van der Waals surface area contributed by atoms with Crippen molar-refractivity contribution in [3.63, 3.8) is 0 Å².